The van der Waals surface area contributed by atoms with Gasteiger partial charge in [0, 0.05) is 26.3 Å². The van der Waals surface area contributed by atoms with Gasteiger partial charge in [0.25, 0.3) is 0 Å². The zero-order valence-electron chi connectivity index (χ0n) is 10.5. The van der Waals surface area contributed by atoms with Crippen LogP contribution in [0.1, 0.15) is 38.5 Å². The fourth-order valence-electron chi connectivity index (χ4n) is 2.00. The molecule has 0 aromatic rings. The summed E-state index contributed by atoms with van der Waals surface area (Å²) in [5.41, 5.74) is 0. The van der Waals surface area contributed by atoms with Crippen LogP contribution in [0.2, 0.25) is 0 Å². The highest BCUT2D eigenvalue weighted by atomic mass is 16.5. The lowest BCUT2D eigenvalue weighted by molar-refractivity contribution is -0.139. The van der Waals surface area contributed by atoms with Gasteiger partial charge in [-0.05, 0) is 19.3 Å². The van der Waals surface area contributed by atoms with Gasteiger partial charge in [-0.25, -0.2) is 0 Å². The molecule has 0 aliphatic heterocycles. The van der Waals surface area contributed by atoms with Gasteiger partial charge in [0.15, 0.2) is 0 Å². The van der Waals surface area contributed by atoms with E-state index in [-0.39, 0.29) is 6.04 Å². The molecule has 0 bridgehead atoms. The van der Waals surface area contributed by atoms with Crippen molar-refractivity contribution in [3.63, 3.8) is 0 Å². The molecule has 2 amide bonds. The Morgan fingerprint density at radius 3 is 2.53 bits per heavy atom. The molecule has 0 heterocycles. The van der Waals surface area contributed by atoms with Crippen molar-refractivity contribution < 1.29 is 14.3 Å². The highest BCUT2D eigenvalue weighted by Gasteiger charge is 2.19. The molecule has 98 valence electrons. The third kappa shape index (κ3) is 5.68. The lowest BCUT2D eigenvalue weighted by Gasteiger charge is -2.22. The number of methoxy groups -OCH3 is 1. The van der Waals surface area contributed by atoms with Gasteiger partial charge < -0.3 is 15.4 Å². The van der Waals surface area contributed by atoms with Crippen LogP contribution in [0.5, 0.6) is 0 Å². The van der Waals surface area contributed by atoms with Crippen LogP contribution < -0.4 is 10.6 Å². The summed E-state index contributed by atoms with van der Waals surface area (Å²) in [6.07, 6.45) is 6.21. The van der Waals surface area contributed by atoms with E-state index in [1.165, 1.54) is 6.42 Å². The largest absolute Gasteiger partial charge is 0.385 e. The van der Waals surface area contributed by atoms with Crippen molar-refractivity contribution in [2.45, 2.75) is 44.6 Å². The summed E-state index contributed by atoms with van der Waals surface area (Å²) in [5, 5.41) is 5.35. The molecule has 0 saturated heterocycles. The van der Waals surface area contributed by atoms with E-state index in [1.807, 2.05) is 0 Å². The van der Waals surface area contributed by atoms with Crippen molar-refractivity contribution in [3.8, 4) is 0 Å². The lowest BCUT2D eigenvalue weighted by atomic mass is 9.95. The lowest BCUT2D eigenvalue weighted by Crippen LogP contribution is -2.45. The fraction of sp³-hybridized carbons (Fsp3) is 0.833. The molecule has 0 unspecified atom stereocenters. The number of carbonyl (C=O) groups is 2. The Morgan fingerprint density at radius 2 is 1.88 bits per heavy atom. The third-order valence-electron chi connectivity index (χ3n) is 2.96. The summed E-state index contributed by atoms with van der Waals surface area (Å²) in [6, 6.07) is 0.181. The predicted octanol–water partition coefficient (Wildman–Crippen LogP) is 0.588. The molecule has 0 atom stereocenters. The average molecular weight is 242 g/mol. The number of hydrogen-bond acceptors (Lipinski definition) is 3. The maximum absolute atomic E-state index is 11.5. The van der Waals surface area contributed by atoms with Crippen LogP contribution in [-0.4, -0.2) is 38.1 Å². The molecule has 5 nitrogen and oxygen atoms in total. The molecule has 1 saturated carbocycles. The van der Waals surface area contributed by atoms with Crippen LogP contribution in [0, 0.1) is 0 Å². The van der Waals surface area contributed by atoms with Gasteiger partial charge in [-0.2, -0.15) is 0 Å². The van der Waals surface area contributed by atoms with Crippen LogP contribution in [-0.2, 0) is 14.3 Å². The molecule has 0 aromatic heterocycles. The second-order valence-electron chi connectivity index (χ2n) is 4.41. The van der Waals surface area contributed by atoms with E-state index in [9.17, 15) is 9.59 Å². The molecule has 1 aliphatic carbocycles. The molecule has 1 fully saturated rings. The molecule has 0 aromatic carbocycles. The third-order valence-corrected chi connectivity index (χ3v) is 2.96. The SMILES string of the molecule is COCCCNC(=O)C(=O)NC1CCCCC1. The summed E-state index contributed by atoms with van der Waals surface area (Å²) in [5.74, 6) is -1.04. The number of ether oxygens (including phenoxy) is 1. The maximum Gasteiger partial charge on any atom is 0.309 e. The van der Waals surface area contributed by atoms with Crippen LogP contribution in [0.15, 0.2) is 0 Å². The molecule has 1 aliphatic rings. The first-order chi connectivity index (χ1) is 8.24. The maximum atomic E-state index is 11.5. The molecule has 1 rings (SSSR count). The summed E-state index contributed by atoms with van der Waals surface area (Å²) < 4.78 is 4.85. The molecule has 17 heavy (non-hydrogen) atoms. The van der Waals surface area contributed by atoms with Crippen molar-refractivity contribution in [3.05, 3.63) is 0 Å². The molecule has 5 heteroatoms. The van der Waals surface area contributed by atoms with Gasteiger partial charge in [-0.3, -0.25) is 9.59 Å². The minimum atomic E-state index is -0.535. The fourth-order valence-corrected chi connectivity index (χ4v) is 2.00. The zero-order valence-corrected chi connectivity index (χ0v) is 10.5. The van der Waals surface area contributed by atoms with Gasteiger partial charge in [-0.1, -0.05) is 19.3 Å². The Balaban J connectivity index is 2.15. The Kier molecular flexibility index (Phi) is 6.62. The zero-order chi connectivity index (χ0) is 12.5. The van der Waals surface area contributed by atoms with Crippen molar-refractivity contribution in [1.82, 2.24) is 10.6 Å². The van der Waals surface area contributed by atoms with Crippen molar-refractivity contribution >= 4 is 11.8 Å². The monoisotopic (exact) mass is 242 g/mol. The number of carbonyl (C=O) groups excluding carboxylic acids is 2. The minimum Gasteiger partial charge on any atom is -0.385 e. The van der Waals surface area contributed by atoms with Gasteiger partial charge >= 0.3 is 11.8 Å². The Morgan fingerprint density at radius 1 is 1.18 bits per heavy atom. The number of nitrogens with one attached hydrogen (secondary N) is 2. The van der Waals surface area contributed by atoms with Crippen LogP contribution >= 0.6 is 0 Å². The van der Waals surface area contributed by atoms with Crippen molar-refractivity contribution in [2.24, 2.45) is 0 Å². The van der Waals surface area contributed by atoms with E-state index < -0.39 is 11.8 Å². The second-order valence-corrected chi connectivity index (χ2v) is 4.41. The topological polar surface area (TPSA) is 67.4 Å². The van der Waals surface area contributed by atoms with Gasteiger partial charge in [0.2, 0.25) is 0 Å². The van der Waals surface area contributed by atoms with Crippen LogP contribution in [0.3, 0.4) is 0 Å². The number of rotatable bonds is 5. The van der Waals surface area contributed by atoms with Gasteiger partial charge in [0.05, 0.1) is 0 Å². The van der Waals surface area contributed by atoms with Gasteiger partial charge in [-0.15, -0.1) is 0 Å². The summed E-state index contributed by atoms with van der Waals surface area (Å²) >= 11 is 0. The molecular formula is C12H22N2O3. The smallest absolute Gasteiger partial charge is 0.309 e. The highest BCUT2D eigenvalue weighted by molar-refractivity contribution is 6.35. The van der Waals surface area contributed by atoms with Crippen LogP contribution in [0.4, 0.5) is 0 Å². The van der Waals surface area contributed by atoms with E-state index in [1.54, 1.807) is 7.11 Å². The second kappa shape index (κ2) is 8.06. The van der Waals surface area contributed by atoms with E-state index in [2.05, 4.69) is 10.6 Å². The highest BCUT2D eigenvalue weighted by Crippen LogP contribution is 2.17. The first-order valence-electron chi connectivity index (χ1n) is 6.31. The summed E-state index contributed by atoms with van der Waals surface area (Å²) in [6.45, 7) is 1.06. The van der Waals surface area contributed by atoms with Gasteiger partial charge in [0.1, 0.15) is 0 Å². The van der Waals surface area contributed by atoms with Crippen molar-refractivity contribution in [1.29, 1.82) is 0 Å². The molecule has 0 radical (unpaired) electrons. The molecule has 2 N–H and O–H groups in total. The number of hydrogen-bond donors (Lipinski definition) is 2. The Bertz CT molecular complexity index is 250. The molecule has 0 spiro atoms. The Hall–Kier alpha value is -1.10. The summed E-state index contributed by atoms with van der Waals surface area (Å²) in [4.78, 5) is 22.9. The van der Waals surface area contributed by atoms with Crippen LogP contribution in [0.25, 0.3) is 0 Å². The predicted molar refractivity (Wildman–Crippen MR) is 64.5 cm³/mol. The molecular weight excluding hydrogens is 220 g/mol. The minimum absolute atomic E-state index is 0.181. The number of amides is 2. The van der Waals surface area contributed by atoms with Crippen molar-refractivity contribution in [2.75, 3.05) is 20.3 Å². The van der Waals surface area contributed by atoms with E-state index in [0.717, 1.165) is 32.1 Å². The Labute approximate surface area is 102 Å². The first kappa shape index (κ1) is 14.0. The average Bonchev–Trinajstić information content (AvgIpc) is 2.35. The van der Waals surface area contributed by atoms with E-state index >= 15 is 0 Å². The normalized spacial score (nSPS) is 16.5. The first-order valence-corrected chi connectivity index (χ1v) is 6.31. The summed E-state index contributed by atoms with van der Waals surface area (Å²) in [7, 11) is 1.61. The quantitative estimate of drug-likeness (QED) is 0.547. The standard InChI is InChI=1S/C12H22N2O3/c1-17-9-5-8-13-11(15)12(16)14-10-6-3-2-4-7-10/h10H,2-9H2,1H3,(H,13,15)(H,14,16). The van der Waals surface area contributed by atoms with E-state index in [4.69, 9.17) is 4.74 Å². The van der Waals surface area contributed by atoms with E-state index in [0.29, 0.717) is 13.2 Å².